The number of H-pyrrole nitrogens is 1. The van der Waals surface area contributed by atoms with Crippen LogP contribution in [0.25, 0.3) is 0 Å². The van der Waals surface area contributed by atoms with E-state index in [0.29, 0.717) is 17.7 Å². The molecule has 0 saturated carbocycles. The van der Waals surface area contributed by atoms with Crippen molar-refractivity contribution >= 4 is 29.7 Å². The number of rotatable bonds is 16. The fraction of sp³-hybridized carbons (Fsp3) is 0.462. The summed E-state index contributed by atoms with van der Waals surface area (Å²) < 4.78 is 0. The molecule has 0 fully saturated rings. The number of aromatic hydroxyl groups is 1. The van der Waals surface area contributed by atoms with Crippen LogP contribution in [0.5, 0.6) is 5.75 Å². The van der Waals surface area contributed by atoms with Crippen molar-refractivity contribution in [1.82, 2.24) is 25.9 Å². The maximum Gasteiger partial charge on any atom is 0.326 e. The number of aromatic amines is 1. The highest BCUT2D eigenvalue weighted by atomic mass is 16.4. The summed E-state index contributed by atoms with van der Waals surface area (Å²) in [6, 6.07) is 0.959. The number of benzene rings is 1. The largest absolute Gasteiger partial charge is 0.508 e. The van der Waals surface area contributed by atoms with Gasteiger partial charge in [-0.1, -0.05) is 32.4 Å². The van der Waals surface area contributed by atoms with Crippen LogP contribution in [0.3, 0.4) is 0 Å². The van der Waals surface area contributed by atoms with Crippen molar-refractivity contribution in [2.75, 3.05) is 0 Å². The number of nitrogens with two attached hydrogens (primary N) is 1. The lowest BCUT2D eigenvalue weighted by Gasteiger charge is -2.26. The number of carboxylic acids is 2. The Morgan fingerprint density at radius 2 is 1.57 bits per heavy atom. The first kappa shape index (κ1) is 31.8. The van der Waals surface area contributed by atoms with Crippen LogP contribution in [-0.2, 0) is 36.8 Å². The molecular formula is C26H36N6O8. The Morgan fingerprint density at radius 3 is 2.12 bits per heavy atom. The van der Waals surface area contributed by atoms with Gasteiger partial charge in [-0.15, -0.1) is 0 Å². The van der Waals surface area contributed by atoms with Gasteiger partial charge in [-0.3, -0.25) is 19.2 Å². The third-order valence-electron chi connectivity index (χ3n) is 6.40. The number of hydrogen-bond donors (Lipinski definition) is 8. The number of phenolic OH excluding ortho intramolecular Hbond substituents is 1. The van der Waals surface area contributed by atoms with Gasteiger partial charge in [-0.2, -0.15) is 0 Å². The molecule has 5 unspecified atom stereocenters. The van der Waals surface area contributed by atoms with Crippen molar-refractivity contribution in [3.8, 4) is 5.75 Å². The fourth-order valence-corrected chi connectivity index (χ4v) is 3.83. The van der Waals surface area contributed by atoms with Gasteiger partial charge in [0.05, 0.1) is 12.4 Å². The first-order valence-corrected chi connectivity index (χ1v) is 12.8. The van der Waals surface area contributed by atoms with Crippen LogP contribution in [0.2, 0.25) is 0 Å². The Labute approximate surface area is 230 Å². The molecule has 218 valence electrons. The number of aliphatic carboxylic acids is 2. The van der Waals surface area contributed by atoms with Gasteiger partial charge in [0.1, 0.15) is 23.9 Å². The van der Waals surface area contributed by atoms with Crippen LogP contribution >= 0.6 is 0 Å². The highest BCUT2D eigenvalue weighted by Crippen LogP contribution is 2.13. The first-order valence-electron chi connectivity index (χ1n) is 12.8. The number of aromatic nitrogens is 2. The molecule has 40 heavy (non-hydrogen) atoms. The van der Waals surface area contributed by atoms with Crippen molar-refractivity contribution in [1.29, 1.82) is 0 Å². The molecule has 1 aromatic carbocycles. The van der Waals surface area contributed by atoms with Crippen molar-refractivity contribution < 1.29 is 39.3 Å². The summed E-state index contributed by atoms with van der Waals surface area (Å²) in [5, 5.41) is 35.7. The molecule has 0 saturated heterocycles. The summed E-state index contributed by atoms with van der Waals surface area (Å²) >= 11 is 0. The van der Waals surface area contributed by atoms with Gasteiger partial charge in [0.25, 0.3) is 0 Å². The predicted octanol–water partition coefficient (Wildman–Crippen LogP) is -0.322. The number of carbonyl (C=O) groups is 5. The topological polar surface area (TPSA) is 237 Å². The van der Waals surface area contributed by atoms with Crippen molar-refractivity contribution in [2.24, 2.45) is 11.7 Å². The van der Waals surface area contributed by atoms with Gasteiger partial charge in [0.15, 0.2) is 0 Å². The maximum atomic E-state index is 13.4. The first-order chi connectivity index (χ1) is 18.9. The van der Waals surface area contributed by atoms with Crippen LogP contribution in [0, 0.1) is 5.92 Å². The second-order valence-corrected chi connectivity index (χ2v) is 9.52. The molecule has 5 atom stereocenters. The number of carbonyl (C=O) groups excluding carboxylic acids is 3. The summed E-state index contributed by atoms with van der Waals surface area (Å²) in [5.74, 6) is -5.27. The SMILES string of the molecule is CCC(C)C(NC(=O)C(CCC(=O)O)NC(=O)C(Cc1ccc(O)cc1)NC(=O)C(N)Cc1cnc[nH]1)C(=O)O. The Balaban J connectivity index is 2.25. The van der Waals surface area contributed by atoms with E-state index in [0.717, 1.165) is 0 Å². The van der Waals surface area contributed by atoms with Crippen LogP contribution in [0.15, 0.2) is 36.8 Å². The molecule has 1 heterocycles. The van der Waals surface area contributed by atoms with Gasteiger partial charge in [0, 0.05) is 31.2 Å². The Kier molecular flexibility index (Phi) is 12.1. The number of amides is 3. The number of nitrogens with zero attached hydrogens (tertiary/aromatic N) is 1. The zero-order valence-corrected chi connectivity index (χ0v) is 22.3. The average molecular weight is 561 g/mol. The number of hydrogen-bond acceptors (Lipinski definition) is 8. The fourth-order valence-electron chi connectivity index (χ4n) is 3.83. The zero-order valence-electron chi connectivity index (χ0n) is 22.3. The number of carboxylic acid groups (broad SMARTS) is 2. The lowest BCUT2D eigenvalue weighted by Crippen LogP contribution is -2.58. The maximum absolute atomic E-state index is 13.4. The minimum absolute atomic E-state index is 0.00457. The van der Waals surface area contributed by atoms with Gasteiger partial charge in [0.2, 0.25) is 17.7 Å². The van der Waals surface area contributed by atoms with E-state index in [2.05, 4.69) is 25.9 Å². The molecule has 0 aliphatic heterocycles. The molecule has 14 nitrogen and oxygen atoms in total. The molecule has 9 N–H and O–H groups in total. The number of nitrogens with one attached hydrogen (secondary N) is 4. The molecule has 3 amide bonds. The predicted molar refractivity (Wildman–Crippen MR) is 142 cm³/mol. The van der Waals surface area contributed by atoms with Gasteiger partial charge in [-0.25, -0.2) is 9.78 Å². The number of imidazole rings is 1. The minimum Gasteiger partial charge on any atom is -0.508 e. The Hall–Kier alpha value is -4.46. The normalized spacial score (nSPS) is 14.7. The standard InChI is InChI=1S/C26H36N6O8/c1-3-14(2)22(26(39)40)32-24(37)19(8-9-21(34)35)30-25(38)20(10-15-4-6-17(33)7-5-15)31-23(36)18(27)11-16-12-28-13-29-16/h4-7,12-14,18-20,22,33H,3,8-11,27H2,1-2H3,(H,28,29)(H,30,38)(H,31,36)(H,32,37)(H,34,35)(H,39,40). The molecular weight excluding hydrogens is 524 g/mol. The summed E-state index contributed by atoms with van der Waals surface area (Å²) in [6.07, 6.45) is 2.63. The Morgan fingerprint density at radius 1 is 0.950 bits per heavy atom. The van der Waals surface area contributed by atoms with Crippen LogP contribution < -0.4 is 21.7 Å². The lowest BCUT2D eigenvalue weighted by molar-refractivity contribution is -0.144. The molecule has 0 spiro atoms. The van der Waals surface area contributed by atoms with Gasteiger partial charge in [-0.05, 0) is 30.0 Å². The van der Waals surface area contributed by atoms with Crippen molar-refractivity contribution in [2.45, 2.75) is 70.1 Å². The summed E-state index contributed by atoms with van der Waals surface area (Å²) in [7, 11) is 0. The number of phenols is 1. The van der Waals surface area contributed by atoms with E-state index < -0.39 is 66.2 Å². The third-order valence-corrected chi connectivity index (χ3v) is 6.40. The van der Waals surface area contributed by atoms with Crippen LogP contribution in [0.1, 0.15) is 44.4 Å². The van der Waals surface area contributed by atoms with E-state index in [1.807, 2.05) is 0 Å². The molecule has 2 aromatic rings. The quantitative estimate of drug-likeness (QED) is 0.133. The lowest BCUT2D eigenvalue weighted by atomic mass is 9.98. The third kappa shape index (κ3) is 10.0. The van der Waals surface area contributed by atoms with Gasteiger partial charge < -0.3 is 42.0 Å². The van der Waals surface area contributed by atoms with E-state index in [4.69, 9.17) is 10.8 Å². The highest BCUT2D eigenvalue weighted by molar-refractivity contribution is 5.94. The molecule has 0 aliphatic carbocycles. The summed E-state index contributed by atoms with van der Waals surface area (Å²) in [5.41, 5.74) is 7.18. The van der Waals surface area contributed by atoms with E-state index >= 15 is 0 Å². The molecule has 2 rings (SSSR count). The highest BCUT2D eigenvalue weighted by Gasteiger charge is 2.32. The van der Waals surface area contributed by atoms with Crippen LogP contribution in [-0.4, -0.2) is 79.1 Å². The van der Waals surface area contributed by atoms with Crippen LogP contribution in [0.4, 0.5) is 0 Å². The van der Waals surface area contributed by atoms with E-state index in [9.17, 15) is 34.2 Å². The van der Waals surface area contributed by atoms with Crippen molar-refractivity contribution in [3.63, 3.8) is 0 Å². The van der Waals surface area contributed by atoms with E-state index in [1.54, 1.807) is 26.0 Å². The molecule has 14 heteroatoms. The monoisotopic (exact) mass is 560 g/mol. The van der Waals surface area contributed by atoms with Crippen molar-refractivity contribution in [3.05, 3.63) is 48.0 Å². The molecule has 0 radical (unpaired) electrons. The smallest absolute Gasteiger partial charge is 0.326 e. The minimum atomic E-state index is -1.40. The Bertz CT molecular complexity index is 1150. The molecule has 0 bridgehead atoms. The summed E-state index contributed by atoms with van der Waals surface area (Å²) in [4.78, 5) is 68.9. The molecule has 0 aliphatic rings. The second kappa shape index (κ2) is 15.2. The zero-order chi connectivity index (χ0) is 29.8. The average Bonchev–Trinajstić information content (AvgIpc) is 3.42. The van der Waals surface area contributed by atoms with E-state index in [1.165, 1.54) is 24.7 Å². The van der Waals surface area contributed by atoms with E-state index in [-0.39, 0.29) is 25.0 Å². The second-order valence-electron chi connectivity index (χ2n) is 9.52. The van der Waals surface area contributed by atoms with Gasteiger partial charge >= 0.3 is 11.9 Å². The molecule has 1 aromatic heterocycles. The summed E-state index contributed by atoms with van der Waals surface area (Å²) in [6.45, 7) is 3.39.